The van der Waals surface area contributed by atoms with Crippen molar-refractivity contribution in [1.29, 1.82) is 0 Å². The molecule has 0 amide bonds. The van der Waals surface area contributed by atoms with E-state index >= 15 is 0 Å². The Balaban J connectivity index is 1.58. The predicted molar refractivity (Wildman–Crippen MR) is 78.3 cm³/mol. The first kappa shape index (κ1) is 12.6. The highest BCUT2D eigenvalue weighted by atomic mass is 15.2. The van der Waals surface area contributed by atoms with Crippen LogP contribution in [0.5, 0.6) is 0 Å². The van der Waals surface area contributed by atoms with Gasteiger partial charge in [0.25, 0.3) is 0 Å². The first-order chi connectivity index (χ1) is 9.33. The molecule has 1 saturated heterocycles. The summed E-state index contributed by atoms with van der Waals surface area (Å²) in [4.78, 5) is 10.0. The average Bonchev–Trinajstić information content (AvgIpc) is 2.93. The standard InChI is InChI=1S/C15H22N4/c1-12(19-8-6-16-7-9-19)2-3-13-4-5-14-15(10-13)18-11-17-14/h4-5,10-12,16H,2-3,6-9H2,1H3,(H,17,18). The van der Waals surface area contributed by atoms with Crippen LogP contribution in [0.15, 0.2) is 24.5 Å². The van der Waals surface area contributed by atoms with Gasteiger partial charge in [-0.2, -0.15) is 0 Å². The Labute approximate surface area is 114 Å². The summed E-state index contributed by atoms with van der Waals surface area (Å²) in [5.41, 5.74) is 3.60. The molecule has 2 N–H and O–H groups in total. The van der Waals surface area contributed by atoms with Crippen LogP contribution in [0.1, 0.15) is 18.9 Å². The second-order valence-electron chi connectivity index (χ2n) is 5.43. The minimum atomic E-state index is 0.666. The Bertz CT molecular complexity index is 528. The van der Waals surface area contributed by atoms with Gasteiger partial charge in [0.05, 0.1) is 17.4 Å². The molecule has 0 aliphatic carbocycles. The van der Waals surface area contributed by atoms with E-state index in [-0.39, 0.29) is 0 Å². The summed E-state index contributed by atoms with van der Waals surface area (Å²) in [6, 6.07) is 7.21. The summed E-state index contributed by atoms with van der Waals surface area (Å²) in [5, 5.41) is 3.41. The number of hydrogen-bond donors (Lipinski definition) is 2. The molecule has 4 nitrogen and oxygen atoms in total. The quantitative estimate of drug-likeness (QED) is 0.879. The molecule has 4 heteroatoms. The molecule has 1 unspecified atom stereocenters. The second-order valence-corrected chi connectivity index (χ2v) is 5.43. The van der Waals surface area contributed by atoms with Crippen LogP contribution in [0.25, 0.3) is 11.0 Å². The molecule has 102 valence electrons. The van der Waals surface area contributed by atoms with E-state index < -0.39 is 0 Å². The molecule has 1 aliphatic heterocycles. The molecular weight excluding hydrogens is 236 g/mol. The van der Waals surface area contributed by atoms with Crippen LogP contribution in [-0.4, -0.2) is 47.1 Å². The SMILES string of the molecule is CC(CCc1ccc2nc[nH]c2c1)N1CCNCC1. The largest absolute Gasteiger partial charge is 0.345 e. The molecule has 0 radical (unpaired) electrons. The van der Waals surface area contributed by atoms with E-state index in [4.69, 9.17) is 0 Å². The maximum absolute atomic E-state index is 4.26. The van der Waals surface area contributed by atoms with Crippen molar-refractivity contribution in [3.63, 3.8) is 0 Å². The number of aryl methyl sites for hydroxylation is 1. The van der Waals surface area contributed by atoms with Crippen LogP contribution in [0.4, 0.5) is 0 Å². The van der Waals surface area contributed by atoms with Crippen LogP contribution in [0.2, 0.25) is 0 Å². The Morgan fingerprint density at radius 1 is 1.32 bits per heavy atom. The number of benzene rings is 1. The number of nitrogens with one attached hydrogen (secondary N) is 2. The van der Waals surface area contributed by atoms with Crippen molar-refractivity contribution in [3.05, 3.63) is 30.1 Å². The molecule has 19 heavy (non-hydrogen) atoms. The first-order valence-corrected chi connectivity index (χ1v) is 7.20. The summed E-state index contributed by atoms with van der Waals surface area (Å²) in [6.45, 7) is 6.97. The molecule has 1 fully saturated rings. The molecule has 1 atom stereocenters. The van der Waals surface area contributed by atoms with Crippen LogP contribution < -0.4 is 5.32 Å². The molecule has 1 aromatic carbocycles. The van der Waals surface area contributed by atoms with Gasteiger partial charge in [0.15, 0.2) is 0 Å². The van der Waals surface area contributed by atoms with Gasteiger partial charge in [0.1, 0.15) is 0 Å². The van der Waals surface area contributed by atoms with Gasteiger partial charge in [-0.05, 0) is 37.5 Å². The fourth-order valence-corrected chi connectivity index (χ4v) is 2.82. The minimum Gasteiger partial charge on any atom is -0.345 e. The van der Waals surface area contributed by atoms with Gasteiger partial charge < -0.3 is 10.3 Å². The smallest absolute Gasteiger partial charge is 0.0931 e. The lowest BCUT2D eigenvalue weighted by Gasteiger charge is -2.32. The van der Waals surface area contributed by atoms with Gasteiger partial charge >= 0.3 is 0 Å². The zero-order chi connectivity index (χ0) is 13.1. The van der Waals surface area contributed by atoms with Crippen molar-refractivity contribution in [3.8, 4) is 0 Å². The van der Waals surface area contributed by atoms with E-state index in [1.165, 1.54) is 25.1 Å². The Hall–Kier alpha value is -1.39. The highest BCUT2D eigenvalue weighted by Crippen LogP contribution is 2.15. The average molecular weight is 258 g/mol. The van der Waals surface area contributed by atoms with Crippen molar-refractivity contribution < 1.29 is 0 Å². The monoisotopic (exact) mass is 258 g/mol. The third-order valence-electron chi connectivity index (χ3n) is 4.11. The summed E-state index contributed by atoms with van der Waals surface area (Å²) in [5.74, 6) is 0. The molecule has 2 aromatic rings. The van der Waals surface area contributed by atoms with E-state index in [1.807, 2.05) is 0 Å². The number of hydrogen-bond acceptors (Lipinski definition) is 3. The number of rotatable bonds is 4. The van der Waals surface area contributed by atoms with Gasteiger partial charge in [-0.1, -0.05) is 6.07 Å². The first-order valence-electron chi connectivity index (χ1n) is 7.20. The summed E-state index contributed by atoms with van der Waals surface area (Å²) >= 11 is 0. The Kier molecular flexibility index (Phi) is 3.80. The van der Waals surface area contributed by atoms with Crippen LogP contribution in [0.3, 0.4) is 0 Å². The van der Waals surface area contributed by atoms with Crippen molar-refractivity contribution in [2.24, 2.45) is 0 Å². The third kappa shape index (κ3) is 2.96. The second kappa shape index (κ2) is 5.72. The number of aromatic nitrogens is 2. The molecule has 1 aliphatic rings. The predicted octanol–water partition coefficient (Wildman–Crippen LogP) is 1.79. The highest BCUT2D eigenvalue weighted by molar-refractivity contribution is 5.74. The summed E-state index contributed by atoms with van der Waals surface area (Å²) in [6.07, 6.45) is 4.12. The number of piperazine rings is 1. The topological polar surface area (TPSA) is 44.0 Å². The van der Waals surface area contributed by atoms with Crippen molar-refractivity contribution in [1.82, 2.24) is 20.2 Å². The molecule has 1 aromatic heterocycles. The maximum atomic E-state index is 4.26. The van der Waals surface area contributed by atoms with Gasteiger partial charge in [-0.15, -0.1) is 0 Å². The number of fused-ring (bicyclic) bond motifs is 1. The highest BCUT2D eigenvalue weighted by Gasteiger charge is 2.15. The Morgan fingerprint density at radius 2 is 2.16 bits per heavy atom. The van der Waals surface area contributed by atoms with Crippen molar-refractivity contribution in [2.75, 3.05) is 26.2 Å². The van der Waals surface area contributed by atoms with E-state index in [0.29, 0.717) is 6.04 Å². The molecular formula is C15H22N4. The molecule has 2 heterocycles. The number of nitrogens with zero attached hydrogens (tertiary/aromatic N) is 2. The lowest BCUT2D eigenvalue weighted by Crippen LogP contribution is -2.47. The molecule has 0 saturated carbocycles. The fourth-order valence-electron chi connectivity index (χ4n) is 2.82. The third-order valence-corrected chi connectivity index (χ3v) is 4.11. The van der Waals surface area contributed by atoms with Crippen molar-refractivity contribution >= 4 is 11.0 Å². The molecule has 3 rings (SSSR count). The van der Waals surface area contributed by atoms with E-state index in [9.17, 15) is 0 Å². The summed E-state index contributed by atoms with van der Waals surface area (Å²) in [7, 11) is 0. The molecule has 0 bridgehead atoms. The maximum Gasteiger partial charge on any atom is 0.0931 e. The molecule has 0 spiro atoms. The minimum absolute atomic E-state index is 0.666. The Morgan fingerprint density at radius 3 is 3.00 bits per heavy atom. The van der Waals surface area contributed by atoms with Gasteiger partial charge in [-0.3, -0.25) is 4.90 Å². The zero-order valence-corrected chi connectivity index (χ0v) is 11.5. The van der Waals surface area contributed by atoms with E-state index in [2.05, 4.69) is 45.3 Å². The van der Waals surface area contributed by atoms with E-state index in [1.54, 1.807) is 6.33 Å². The van der Waals surface area contributed by atoms with Crippen molar-refractivity contribution in [2.45, 2.75) is 25.8 Å². The summed E-state index contributed by atoms with van der Waals surface area (Å²) < 4.78 is 0. The zero-order valence-electron chi connectivity index (χ0n) is 11.5. The normalized spacial score (nSPS) is 18.8. The van der Waals surface area contributed by atoms with Gasteiger partial charge in [0, 0.05) is 32.2 Å². The lowest BCUT2D eigenvalue weighted by atomic mass is 10.0. The lowest BCUT2D eigenvalue weighted by molar-refractivity contribution is 0.177. The number of imidazole rings is 1. The van der Waals surface area contributed by atoms with E-state index in [0.717, 1.165) is 30.5 Å². The fraction of sp³-hybridized carbons (Fsp3) is 0.533. The van der Waals surface area contributed by atoms with Crippen LogP contribution in [-0.2, 0) is 6.42 Å². The van der Waals surface area contributed by atoms with Crippen LogP contribution >= 0.6 is 0 Å². The van der Waals surface area contributed by atoms with Gasteiger partial charge in [-0.25, -0.2) is 4.98 Å². The van der Waals surface area contributed by atoms with Gasteiger partial charge in [0.2, 0.25) is 0 Å². The van der Waals surface area contributed by atoms with Crippen LogP contribution in [0, 0.1) is 0 Å². The number of H-pyrrole nitrogens is 1. The number of aromatic amines is 1.